The van der Waals surface area contributed by atoms with Gasteiger partial charge in [-0.15, -0.1) is 0 Å². The lowest BCUT2D eigenvalue weighted by Gasteiger charge is -2.40. The average Bonchev–Trinajstić information content (AvgIpc) is 2.69. The van der Waals surface area contributed by atoms with Gasteiger partial charge in [-0.3, -0.25) is 4.79 Å². The Morgan fingerprint density at radius 3 is 2.55 bits per heavy atom. The molecule has 2 bridgehead atoms. The van der Waals surface area contributed by atoms with E-state index in [9.17, 15) is 4.79 Å². The maximum atomic E-state index is 11.2. The van der Waals surface area contributed by atoms with Gasteiger partial charge in [-0.2, -0.15) is 0 Å². The van der Waals surface area contributed by atoms with E-state index in [1.54, 1.807) is 6.92 Å². The van der Waals surface area contributed by atoms with Crippen molar-refractivity contribution < 1.29 is 4.79 Å². The van der Waals surface area contributed by atoms with Gasteiger partial charge >= 0.3 is 0 Å². The van der Waals surface area contributed by atoms with Gasteiger partial charge in [0, 0.05) is 36.4 Å². The number of hydrogen-bond donors (Lipinski definition) is 2. The first-order chi connectivity index (χ1) is 9.67. The lowest BCUT2D eigenvalue weighted by molar-refractivity contribution is -0.114. The van der Waals surface area contributed by atoms with Crippen LogP contribution in [-0.4, -0.2) is 31.1 Å². The molecule has 0 radical (unpaired) electrons. The summed E-state index contributed by atoms with van der Waals surface area (Å²) in [5.41, 5.74) is 2.14. The molecule has 1 amide bonds. The van der Waals surface area contributed by atoms with Crippen LogP contribution in [0.15, 0.2) is 24.3 Å². The van der Waals surface area contributed by atoms with E-state index in [-0.39, 0.29) is 5.91 Å². The number of amides is 1. The van der Waals surface area contributed by atoms with E-state index < -0.39 is 0 Å². The van der Waals surface area contributed by atoms with E-state index in [0.29, 0.717) is 18.1 Å². The van der Waals surface area contributed by atoms with Gasteiger partial charge in [-0.05, 0) is 50.9 Å². The van der Waals surface area contributed by atoms with Gasteiger partial charge in [0.05, 0.1) is 0 Å². The SMILES string of the molecule is CNC1CC2CCC(C1)N2c1cccc(NC(C)=O)c1. The average molecular weight is 273 g/mol. The number of anilines is 2. The largest absolute Gasteiger partial charge is 0.365 e. The molecule has 2 aliphatic rings. The molecule has 2 N–H and O–H groups in total. The topological polar surface area (TPSA) is 44.4 Å². The first kappa shape index (κ1) is 13.4. The van der Waals surface area contributed by atoms with Crippen molar-refractivity contribution in [3.63, 3.8) is 0 Å². The van der Waals surface area contributed by atoms with E-state index >= 15 is 0 Å². The van der Waals surface area contributed by atoms with Gasteiger partial charge in [0.2, 0.25) is 5.91 Å². The minimum Gasteiger partial charge on any atom is -0.365 e. The fourth-order valence-corrected chi connectivity index (χ4v) is 3.78. The lowest BCUT2D eigenvalue weighted by Crippen LogP contribution is -2.48. The maximum Gasteiger partial charge on any atom is 0.221 e. The molecule has 2 saturated heterocycles. The van der Waals surface area contributed by atoms with Crippen LogP contribution in [0.25, 0.3) is 0 Å². The number of hydrogen-bond acceptors (Lipinski definition) is 3. The van der Waals surface area contributed by atoms with Crippen molar-refractivity contribution in [3.05, 3.63) is 24.3 Å². The molecule has 0 saturated carbocycles. The molecule has 0 aliphatic carbocycles. The number of carbonyl (C=O) groups is 1. The van der Waals surface area contributed by atoms with Gasteiger partial charge in [-0.25, -0.2) is 0 Å². The van der Waals surface area contributed by atoms with Crippen LogP contribution in [0.3, 0.4) is 0 Å². The van der Waals surface area contributed by atoms with Gasteiger partial charge in [0.1, 0.15) is 0 Å². The Kier molecular flexibility index (Phi) is 3.66. The second-order valence-electron chi connectivity index (χ2n) is 5.98. The van der Waals surface area contributed by atoms with Crippen molar-refractivity contribution >= 4 is 17.3 Å². The van der Waals surface area contributed by atoms with Gasteiger partial charge in [-0.1, -0.05) is 6.07 Å². The van der Waals surface area contributed by atoms with E-state index in [2.05, 4.69) is 34.7 Å². The number of nitrogens with zero attached hydrogens (tertiary/aromatic N) is 1. The number of rotatable bonds is 3. The van der Waals surface area contributed by atoms with Gasteiger partial charge < -0.3 is 15.5 Å². The van der Waals surface area contributed by atoms with Crippen LogP contribution in [0.2, 0.25) is 0 Å². The number of nitrogens with one attached hydrogen (secondary N) is 2. The Bertz CT molecular complexity index is 488. The Morgan fingerprint density at radius 2 is 1.95 bits per heavy atom. The zero-order chi connectivity index (χ0) is 14.1. The van der Waals surface area contributed by atoms with E-state index in [1.165, 1.54) is 31.4 Å². The molecule has 1 aromatic rings. The van der Waals surface area contributed by atoms with Crippen LogP contribution in [0.1, 0.15) is 32.6 Å². The number of carbonyl (C=O) groups excluding carboxylic acids is 1. The molecule has 2 heterocycles. The van der Waals surface area contributed by atoms with Gasteiger partial charge in [0.25, 0.3) is 0 Å². The predicted molar refractivity (Wildman–Crippen MR) is 82.1 cm³/mol. The normalized spacial score (nSPS) is 28.5. The summed E-state index contributed by atoms with van der Waals surface area (Å²) in [7, 11) is 2.07. The van der Waals surface area contributed by atoms with Gasteiger partial charge in [0.15, 0.2) is 0 Å². The smallest absolute Gasteiger partial charge is 0.221 e. The molecule has 2 unspecified atom stereocenters. The van der Waals surface area contributed by atoms with Crippen LogP contribution < -0.4 is 15.5 Å². The van der Waals surface area contributed by atoms with Crippen LogP contribution in [-0.2, 0) is 4.79 Å². The zero-order valence-corrected chi connectivity index (χ0v) is 12.2. The van der Waals surface area contributed by atoms with Crippen molar-refractivity contribution in [2.75, 3.05) is 17.3 Å². The highest BCUT2D eigenvalue weighted by Crippen LogP contribution is 2.39. The second kappa shape index (κ2) is 5.44. The fraction of sp³-hybridized carbons (Fsp3) is 0.562. The molecular formula is C16H23N3O. The number of benzene rings is 1. The molecular weight excluding hydrogens is 250 g/mol. The van der Waals surface area contributed by atoms with E-state index in [0.717, 1.165) is 5.69 Å². The first-order valence-electron chi connectivity index (χ1n) is 7.50. The summed E-state index contributed by atoms with van der Waals surface area (Å²) in [6.07, 6.45) is 5.01. The highest BCUT2D eigenvalue weighted by atomic mass is 16.1. The molecule has 0 aromatic heterocycles. The second-order valence-corrected chi connectivity index (χ2v) is 5.98. The summed E-state index contributed by atoms with van der Waals surface area (Å²) in [5, 5.41) is 6.31. The minimum absolute atomic E-state index is 0.0148. The third-order valence-corrected chi connectivity index (χ3v) is 4.61. The Morgan fingerprint density at radius 1 is 1.25 bits per heavy atom. The summed E-state index contributed by atoms with van der Waals surface area (Å²) < 4.78 is 0. The quantitative estimate of drug-likeness (QED) is 0.888. The molecule has 108 valence electrons. The number of fused-ring (bicyclic) bond motifs is 2. The third kappa shape index (κ3) is 2.52. The molecule has 2 atom stereocenters. The van der Waals surface area contributed by atoms with Crippen molar-refractivity contribution in [1.82, 2.24) is 5.32 Å². The third-order valence-electron chi connectivity index (χ3n) is 4.61. The Hall–Kier alpha value is -1.55. The summed E-state index contributed by atoms with van der Waals surface area (Å²) >= 11 is 0. The van der Waals surface area contributed by atoms with E-state index in [4.69, 9.17) is 0 Å². The molecule has 4 nitrogen and oxygen atoms in total. The minimum atomic E-state index is -0.0148. The van der Waals surface area contributed by atoms with Crippen molar-refractivity contribution in [3.8, 4) is 0 Å². The monoisotopic (exact) mass is 273 g/mol. The molecule has 3 rings (SSSR count). The highest BCUT2D eigenvalue weighted by Gasteiger charge is 2.40. The van der Waals surface area contributed by atoms with E-state index in [1.807, 2.05) is 12.1 Å². The highest BCUT2D eigenvalue weighted by molar-refractivity contribution is 5.89. The van der Waals surface area contributed by atoms with Crippen LogP contribution in [0, 0.1) is 0 Å². The molecule has 2 aliphatic heterocycles. The standard InChI is InChI=1S/C16H23N3O/c1-11(20)18-12-4-3-5-14(8-12)19-15-6-7-16(19)10-13(9-15)17-2/h3-5,8,13,15-17H,6-7,9-10H2,1-2H3,(H,18,20). The summed E-state index contributed by atoms with van der Waals surface area (Å²) in [6, 6.07) is 10.2. The van der Waals surface area contributed by atoms with Crippen molar-refractivity contribution in [2.24, 2.45) is 0 Å². The van der Waals surface area contributed by atoms with Crippen LogP contribution >= 0.6 is 0 Å². The molecule has 0 spiro atoms. The predicted octanol–water partition coefficient (Wildman–Crippen LogP) is 2.36. The fourth-order valence-electron chi connectivity index (χ4n) is 3.78. The summed E-state index contributed by atoms with van der Waals surface area (Å²) in [6.45, 7) is 1.55. The molecule has 20 heavy (non-hydrogen) atoms. The summed E-state index contributed by atoms with van der Waals surface area (Å²) in [5.74, 6) is -0.0148. The summed E-state index contributed by atoms with van der Waals surface area (Å²) in [4.78, 5) is 13.8. The Balaban J connectivity index is 1.81. The Labute approximate surface area is 120 Å². The lowest BCUT2D eigenvalue weighted by atomic mass is 9.96. The zero-order valence-electron chi connectivity index (χ0n) is 12.2. The molecule has 1 aromatic carbocycles. The van der Waals surface area contributed by atoms with Crippen molar-refractivity contribution in [1.29, 1.82) is 0 Å². The molecule has 4 heteroatoms. The maximum absolute atomic E-state index is 11.2. The van der Waals surface area contributed by atoms with Crippen LogP contribution in [0.5, 0.6) is 0 Å². The first-order valence-corrected chi connectivity index (χ1v) is 7.50. The van der Waals surface area contributed by atoms with Crippen molar-refractivity contribution in [2.45, 2.75) is 50.7 Å². The number of piperidine rings is 1. The van der Waals surface area contributed by atoms with Crippen LogP contribution in [0.4, 0.5) is 11.4 Å². The molecule has 2 fully saturated rings.